The van der Waals surface area contributed by atoms with E-state index in [4.69, 9.17) is 23.2 Å². The van der Waals surface area contributed by atoms with Crippen molar-refractivity contribution in [1.82, 2.24) is 10.2 Å². The van der Waals surface area contributed by atoms with Crippen molar-refractivity contribution in [3.05, 3.63) is 63.9 Å². The number of anilines is 1. The lowest BCUT2D eigenvalue weighted by Gasteiger charge is -2.22. The molecule has 1 unspecified atom stereocenters. The van der Waals surface area contributed by atoms with Gasteiger partial charge in [0.05, 0.1) is 5.69 Å². The summed E-state index contributed by atoms with van der Waals surface area (Å²) in [7, 11) is 0. The van der Waals surface area contributed by atoms with Crippen molar-refractivity contribution >= 4 is 46.7 Å². The van der Waals surface area contributed by atoms with Gasteiger partial charge >= 0.3 is 6.03 Å². The van der Waals surface area contributed by atoms with E-state index in [9.17, 15) is 18.8 Å². The first-order valence-corrected chi connectivity index (χ1v) is 8.61. The van der Waals surface area contributed by atoms with E-state index in [1.165, 1.54) is 19.1 Å². The normalized spacial score (nSPS) is 19.2. The highest BCUT2D eigenvalue weighted by Gasteiger charge is 2.49. The molecule has 2 N–H and O–H groups in total. The lowest BCUT2D eigenvalue weighted by atomic mass is 9.92. The van der Waals surface area contributed by atoms with Gasteiger partial charge < -0.3 is 10.6 Å². The van der Waals surface area contributed by atoms with Gasteiger partial charge in [0.15, 0.2) is 0 Å². The zero-order valence-electron chi connectivity index (χ0n) is 14.1. The molecule has 1 atom stereocenters. The minimum Gasteiger partial charge on any atom is -0.322 e. The van der Waals surface area contributed by atoms with Crippen molar-refractivity contribution < 1.29 is 18.8 Å². The van der Waals surface area contributed by atoms with Crippen LogP contribution in [0.4, 0.5) is 14.9 Å². The molecule has 0 spiro atoms. The number of benzene rings is 2. The monoisotopic (exact) mass is 409 g/mol. The molecule has 1 fully saturated rings. The molecule has 1 aliphatic rings. The van der Waals surface area contributed by atoms with E-state index in [0.717, 1.165) is 11.0 Å². The number of urea groups is 1. The van der Waals surface area contributed by atoms with Gasteiger partial charge in [-0.2, -0.15) is 0 Å². The van der Waals surface area contributed by atoms with E-state index < -0.39 is 35.7 Å². The average Bonchev–Trinajstić information content (AvgIpc) is 2.82. The van der Waals surface area contributed by atoms with E-state index in [1.54, 1.807) is 24.3 Å². The zero-order chi connectivity index (χ0) is 19.8. The molecule has 2 aromatic carbocycles. The molecule has 140 valence electrons. The number of nitrogens with zero attached hydrogens (tertiary/aromatic N) is 1. The van der Waals surface area contributed by atoms with Crippen LogP contribution < -0.4 is 10.6 Å². The Morgan fingerprint density at radius 1 is 1.15 bits per heavy atom. The molecular formula is C18H14Cl2FN3O3. The second kappa shape index (κ2) is 7.17. The van der Waals surface area contributed by atoms with E-state index in [2.05, 4.69) is 10.6 Å². The third-order valence-corrected chi connectivity index (χ3v) is 4.69. The van der Waals surface area contributed by atoms with Gasteiger partial charge in [-0.3, -0.25) is 14.5 Å². The lowest BCUT2D eigenvalue weighted by molar-refractivity contribution is -0.133. The summed E-state index contributed by atoms with van der Waals surface area (Å²) >= 11 is 11.5. The number of halogens is 3. The SMILES string of the molecule is CC1(c2ccc(Cl)cc2)NC(=O)N(CC(=O)Nc2ccc(Cl)cc2F)C1=O. The maximum Gasteiger partial charge on any atom is 0.325 e. The van der Waals surface area contributed by atoms with Crippen LogP contribution in [0.15, 0.2) is 42.5 Å². The predicted octanol–water partition coefficient (Wildman–Crippen LogP) is 3.54. The number of rotatable bonds is 4. The maximum absolute atomic E-state index is 13.8. The van der Waals surface area contributed by atoms with Crippen LogP contribution in [0, 0.1) is 5.82 Å². The molecule has 4 amide bonds. The van der Waals surface area contributed by atoms with Crippen molar-refractivity contribution in [3.8, 4) is 0 Å². The third-order valence-electron chi connectivity index (χ3n) is 4.20. The topological polar surface area (TPSA) is 78.5 Å². The molecule has 0 aliphatic carbocycles. The second-order valence-corrected chi connectivity index (χ2v) is 7.00. The van der Waals surface area contributed by atoms with Crippen molar-refractivity contribution in [3.63, 3.8) is 0 Å². The summed E-state index contributed by atoms with van der Waals surface area (Å²) in [6, 6.07) is 9.46. The fourth-order valence-corrected chi connectivity index (χ4v) is 3.03. The fourth-order valence-electron chi connectivity index (χ4n) is 2.74. The first-order valence-electron chi connectivity index (χ1n) is 7.86. The number of hydrogen-bond donors (Lipinski definition) is 2. The summed E-state index contributed by atoms with van der Waals surface area (Å²) in [5, 5.41) is 5.56. The molecule has 1 aliphatic heterocycles. The van der Waals surface area contributed by atoms with Crippen LogP contribution in [0.2, 0.25) is 10.0 Å². The van der Waals surface area contributed by atoms with Crippen molar-refractivity contribution in [2.24, 2.45) is 0 Å². The Morgan fingerprint density at radius 2 is 1.78 bits per heavy atom. The van der Waals surface area contributed by atoms with E-state index in [1.807, 2.05) is 0 Å². The molecule has 9 heteroatoms. The average molecular weight is 410 g/mol. The second-order valence-electron chi connectivity index (χ2n) is 6.13. The van der Waals surface area contributed by atoms with E-state index >= 15 is 0 Å². The highest BCUT2D eigenvalue weighted by molar-refractivity contribution is 6.31. The number of nitrogens with one attached hydrogen (secondary N) is 2. The van der Waals surface area contributed by atoms with Crippen molar-refractivity contribution in [1.29, 1.82) is 0 Å². The van der Waals surface area contributed by atoms with Crippen LogP contribution in [0.25, 0.3) is 0 Å². The standard InChI is InChI=1S/C18H14Cl2FN3O3/c1-18(10-2-4-11(19)5-3-10)16(26)24(17(27)23-18)9-15(25)22-14-7-6-12(20)8-13(14)21/h2-8H,9H2,1H3,(H,22,25)(H,23,27). The number of carbonyl (C=O) groups excluding carboxylic acids is 3. The molecule has 0 saturated carbocycles. The summed E-state index contributed by atoms with van der Waals surface area (Å²) in [5.74, 6) is -2.04. The number of imide groups is 1. The van der Waals surface area contributed by atoms with Gasteiger partial charge in [0.2, 0.25) is 5.91 Å². The van der Waals surface area contributed by atoms with Crippen LogP contribution in [0.3, 0.4) is 0 Å². The molecule has 3 rings (SSSR count). The minimum atomic E-state index is -1.33. The Balaban J connectivity index is 1.75. The molecular weight excluding hydrogens is 396 g/mol. The molecule has 0 bridgehead atoms. The van der Waals surface area contributed by atoms with Gasteiger partial charge in [-0.05, 0) is 42.8 Å². The molecule has 1 heterocycles. The number of carbonyl (C=O) groups is 3. The van der Waals surface area contributed by atoms with Gasteiger partial charge in [0.1, 0.15) is 17.9 Å². The molecule has 2 aromatic rings. The highest BCUT2D eigenvalue weighted by atomic mass is 35.5. The largest absolute Gasteiger partial charge is 0.325 e. The molecule has 0 radical (unpaired) electrons. The zero-order valence-corrected chi connectivity index (χ0v) is 15.6. The van der Waals surface area contributed by atoms with Crippen molar-refractivity contribution in [2.75, 3.05) is 11.9 Å². The van der Waals surface area contributed by atoms with Crippen LogP contribution in [0.1, 0.15) is 12.5 Å². The summed E-state index contributed by atoms with van der Waals surface area (Å²) < 4.78 is 13.8. The maximum atomic E-state index is 13.8. The minimum absolute atomic E-state index is 0.100. The van der Waals surface area contributed by atoms with Gasteiger partial charge in [-0.25, -0.2) is 9.18 Å². The van der Waals surface area contributed by atoms with Crippen LogP contribution in [-0.2, 0) is 15.1 Å². The molecule has 1 saturated heterocycles. The Kier molecular flexibility index (Phi) is 5.08. The van der Waals surface area contributed by atoms with Crippen molar-refractivity contribution in [2.45, 2.75) is 12.5 Å². The summed E-state index contributed by atoms with van der Waals surface area (Å²) in [6.07, 6.45) is 0. The van der Waals surface area contributed by atoms with Gasteiger partial charge in [-0.15, -0.1) is 0 Å². The first-order chi connectivity index (χ1) is 12.7. The van der Waals surface area contributed by atoms with Gasteiger partial charge in [0.25, 0.3) is 5.91 Å². The summed E-state index contributed by atoms with van der Waals surface area (Å²) in [5.41, 5.74) is -0.901. The highest BCUT2D eigenvalue weighted by Crippen LogP contribution is 2.29. The smallest absolute Gasteiger partial charge is 0.322 e. The molecule has 6 nitrogen and oxygen atoms in total. The van der Waals surface area contributed by atoms with Gasteiger partial charge in [0, 0.05) is 10.0 Å². The number of amides is 4. The summed E-state index contributed by atoms with van der Waals surface area (Å²) in [6.45, 7) is 0.975. The van der Waals surface area contributed by atoms with Crippen LogP contribution in [0.5, 0.6) is 0 Å². The number of hydrogen-bond acceptors (Lipinski definition) is 3. The Morgan fingerprint density at radius 3 is 2.41 bits per heavy atom. The Labute approximate surface area is 164 Å². The van der Waals surface area contributed by atoms with Crippen LogP contribution >= 0.6 is 23.2 Å². The predicted molar refractivity (Wildman–Crippen MR) is 99.1 cm³/mol. The summed E-state index contributed by atoms with van der Waals surface area (Å²) in [4.78, 5) is 38.0. The Bertz CT molecular complexity index is 936. The quantitative estimate of drug-likeness (QED) is 0.757. The first kappa shape index (κ1) is 19.1. The van der Waals surface area contributed by atoms with E-state index in [0.29, 0.717) is 10.6 Å². The third kappa shape index (κ3) is 3.74. The lowest BCUT2D eigenvalue weighted by Crippen LogP contribution is -2.42. The van der Waals surface area contributed by atoms with Crippen LogP contribution in [-0.4, -0.2) is 29.3 Å². The fraction of sp³-hybridized carbons (Fsp3) is 0.167. The van der Waals surface area contributed by atoms with E-state index in [-0.39, 0.29) is 10.7 Å². The molecule has 27 heavy (non-hydrogen) atoms. The Hall–Kier alpha value is -2.64. The molecule has 0 aromatic heterocycles. The van der Waals surface area contributed by atoms with Gasteiger partial charge in [-0.1, -0.05) is 35.3 Å².